The van der Waals surface area contributed by atoms with Crippen molar-refractivity contribution in [3.63, 3.8) is 0 Å². The molecule has 0 aromatic heterocycles. The van der Waals surface area contributed by atoms with Gasteiger partial charge in [0.2, 0.25) is 5.91 Å². The van der Waals surface area contributed by atoms with Crippen LogP contribution in [-0.4, -0.2) is 69.1 Å². The summed E-state index contributed by atoms with van der Waals surface area (Å²) in [5.74, 6) is 0.0674. The summed E-state index contributed by atoms with van der Waals surface area (Å²) in [5.41, 5.74) is 0.623. The number of anilines is 1. The molecule has 0 radical (unpaired) electrons. The van der Waals surface area contributed by atoms with Crippen molar-refractivity contribution in [3.8, 4) is 0 Å². The average molecular weight is 436 g/mol. The van der Waals surface area contributed by atoms with Crippen LogP contribution in [0.3, 0.4) is 0 Å². The van der Waals surface area contributed by atoms with Crippen LogP contribution in [0.4, 0.5) is 5.69 Å². The van der Waals surface area contributed by atoms with E-state index in [0.717, 1.165) is 32.7 Å². The Balaban J connectivity index is 1.37. The second-order valence-corrected chi connectivity index (χ2v) is 9.65. The third-order valence-electron chi connectivity index (χ3n) is 4.97. The van der Waals surface area contributed by atoms with Crippen molar-refractivity contribution in [2.24, 2.45) is 0 Å². The highest BCUT2D eigenvalue weighted by atomic mass is 35.5. The molecule has 3 rings (SSSR count). The van der Waals surface area contributed by atoms with Crippen LogP contribution in [-0.2, 0) is 14.6 Å². The molecule has 1 fully saturated rings. The maximum atomic E-state index is 12.3. The standard InChI is InChI=1S/C21H26ClN3O3S/c22-19-9-4-5-10-20(19)23-21(26)17-25-14-12-24(13-15-25)11-6-16-29(27,28)18-7-2-1-3-8-18/h1-5,7-10H,6,11-17H2,(H,23,26). The van der Waals surface area contributed by atoms with Gasteiger partial charge >= 0.3 is 0 Å². The van der Waals surface area contributed by atoms with E-state index in [4.69, 9.17) is 11.6 Å². The van der Waals surface area contributed by atoms with Gasteiger partial charge in [-0.3, -0.25) is 9.69 Å². The quantitative estimate of drug-likeness (QED) is 0.690. The molecule has 1 amide bonds. The zero-order valence-electron chi connectivity index (χ0n) is 16.3. The van der Waals surface area contributed by atoms with E-state index in [-0.39, 0.29) is 11.7 Å². The molecule has 1 N–H and O–H groups in total. The SMILES string of the molecule is O=C(CN1CCN(CCCS(=O)(=O)c2ccccc2)CC1)Nc1ccccc1Cl. The molecule has 6 nitrogen and oxygen atoms in total. The molecule has 0 atom stereocenters. The number of nitrogens with one attached hydrogen (secondary N) is 1. The summed E-state index contributed by atoms with van der Waals surface area (Å²) >= 11 is 6.07. The number of para-hydroxylation sites is 1. The summed E-state index contributed by atoms with van der Waals surface area (Å²) in [6.45, 7) is 4.27. The smallest absolute Gasteiger partial charge is 0.238 e. The van der Waals surface area contributed by atoms with Crippen LogP contribution in [0.25, 0.3) is 0 Å². The molecule has 0 bridgehead atoms. The number of hydrogen-bond donors (Lipinski definition) is 1. The highest BCUT2D eigenvalue weighted by Crippen LogP contribution is 2.20. The van der Waals surface area contributed by atoms with Crippen molar-refractivity contribution in [1.82, 2.24) is 9.80 Å². The number of rotatable bonds is 8. The van der Waals surface area contributed by atoms with E-state index in [2.05, 4.69) is 15.1 Å². The molecule has 0 spiro atoms. The van der Waals surface area contributed by atoms with Crippen LogP contribution in [0.15, 0.2) is 59.5 Å². The summed E-state index contributed by atoms with van der Waals surface area (Å²) in [7, 11) is -3.22. The number of amides is 1. The van der Waals surface area contributed by atoms with Crippen LogP contribution in [0.1, 0.15) is 6.42 Å². The first kappa shape index (κ1) is 21.8. The fourth-order valence-electron chi connectivity index (χ4n) is 3.35. The Labute approximate surface area is 177 Å². The number of halogens is 1. The van der Waals surface area contributed by atoms with E-state index in [1.807, 2.05) is 18.2 Å². The number of benzene rings is 2. The maximum Gasteiger partial charge on any atom is 0.238 e. The van der Waals surface area contributed by atoms with Crippen LogP contribution in [0.5, 0.6) is 0 Å². The first-order chi connectivity index (χ1) is 13.9. The normalized spacial score (nSPS) is 15.9. The number of carbonyl (C=O) groups excluding carboxylic acids is 1. The van der Waals surface area contributed by atoms with E-state index < -0.39 is 9.84 Å². The van der Waals surface area contributed by atoms with Gasteiger partial charge in [-0.2, -0.15) is 0 Å². The molecule has 0 aliphatic carbocycles. The molecule has 1 heterocycles. The molecule has 2 aromatic rings. The van der Waals surface area contributed by atoms with Crippen LogP contribution in [0, 0.1) is 0 Å². The first-order valence-corrected chi connectivity index (χ1v) is 11.7. The highest BCUT2D eigenvalue weighted by molar-refractivity contribution is 7.91. The molecular weight excluding hydrogens is 410 g/mol. The van der Waals surface area contributed by atoms with Crippen molar-refractivity contribution < 1.29 is 13.2 Å². The summed E-state index contributed by atoms with van der Waals surface area (Å²) < 4.78 is 24.7. The second kappa shape index (κ2) is 10.2. The van der Waals surface area contributed by atoms with Crippen molar-refractivity contribution in [2.75, 3.05) is 50.3 Å². The predicted octanol–water partition coefficient (Wildman–Crippen LogP) is 2.76. The number of carbonyl (C=O) groups is 1. The Morgan fingerprint density at radius 2 is 1.55 bits per heavy atom. The average Bonchev–Trinajstić information content (AvgIpc) is 2.72. The molecule has 29 heavy (non-hydrogen) atoms. The minimum absolute atomic E-state index is 0.0829. The first-order valence-electron chi connectivity index (χ1n) is 9.71. The number of hydrogen-bond acceptors (Lipinski definition) is 5. The summed E-state index contributed by atoms with van der Waals surface area (Å²) in [6, 6.07) is 15.8. The van der Waals surface area contributed by atoms with Crippen LogP contribution >= 0.6 is 11.6 Å². The van der Waals surface area contributed by atoms with Gasteiger partial charge in [0.15, 0.2) is 9.84 Å². The largest absolute Gasteiger partial charge is 0.324 e. The number of piperazine rings is 1. The van der Waals surface area contributed by atoms with Crippen molar-refractivity contribution in [3.05, 3.63) is 59.6 Å². The Kier molecular flexibility index (Phi) is 7.66. The fourth-order valence-corrected chi connectivity index (χ4v) is 4.85. The van der Waals surface area contributed by atoms with Crippen molar-refractivity contribution in [2.45, 2.75) is 11.3 Å². The lowest BCUT2D eigenvalue weighted by atomic mass is 10.3. The van der Waals surface area contributed by atoms with Crippen molar-refractivity contribution in [1.29, 1.82) is 0 Å². The molecular formula is C21H26ClN3O3S. The van der Waals surface area contributed by atoms with E-state index in [0.29, 0.717) is 28.6 Å². The molecule has 156 valence electrons. The van der Waals surface area contributed by atoms with Gasteiger partial charge in [0.1, 0.15) is 0 Å². The molecule has 1 aliphatic rings. The van der Waals surface area contributed by atoms with E-state index in [1.165, 1.54) is 0 Å². The zero-order chi connectivity index (χ0) is 20.7. The lowest BCUT2D eigenvalue weighted by Gasteiger charge is -2.34. The third kappa shape index (κ3) is 6.54. The van der Waals surface area contributed by atoms with E-state index in [1.54, 1.807) is 36.4 Å². The molecule has 2 aromatic carbocycles. The predicted molar refractivity (Wildman–Crippen MR) is 116 cm³/mol. The summed E-state index contributed by atoms with van der Waals surface area (Å²) in [5, 5.41) is 3.37. The summed E-state index contributed by atoms with van der Waals surface area (Å²) in [6.07, 6.45) is 0.601. The lowest BCUT2D eigenvalue weighted by molar-refractivity contribution is -0.117. The van der Waals surface area contributed by atoms with Gasteiger partial charge in [0.25, 0.3) is 0 Å². The Bertz CT molecular complexity index is 914. The van der Waals surface area contributed by atoms with Gasteiger partial charge in [0, 0.05) is 26.2 Å². The minimum Gasteiger partial charge on any atom is -0.324 e. The lowest BCUT2D eigenvalue weighted by Crippen LogP contribution is -2.48. The topological polar surface area (TPSA) is 69.7 Å². The van der Waals surface area contributed by atoms with Gasteiger partial charge in [-0.05, 0) is 37.2 Å². The van der Waals surface area contributed by atoms with Crippen LogP contribution in [0.2, 0.25) is 5.02 Å². The van der Waals surface area contributed by atoms with E-state index >= 15 is 0 Å². The van der Waals surface area contributed by atoms with Crippen molar-refractivity contribution >= 4 is 33.0 Å². The highest BCUT2D eigenvalue weighted by Gasteiger charge is 2.20. The minimum atomic E-state index is -3.22. The third-order valence-corrected chi connectivity index (χ3v) is 7.12. The number of nitrogens with zero attached hydrogens (tertiary/aromatic N) is 2. The van der Waals surface area contributed by atoms with Gasteiger partial charge in [-0.1, -0.05) is 41.9 Å². The zero-order valence-corrected chi connectivity index (χ0v) is 17.8. The van der Waals surface area contributed by atoms with Gasteiger partial charge in [-0.25, -0.2) is 8.42 Å². The van der Waals surface area contributed by atoms with Gasteiger partial charge in [0.05, 0.1) is 27.9 Å². The van der Waals surface area contributed by atoms with E-state index in [9.17, 15) is 13.2 Å². The molecule has 8 heteroatoms. The van der Waals surface area contributed by atoms with Gasteiger partial charge < -0.3 is 10.2 Å². The molecule has 1 saturated heterocycles. The van der Waals surface area contributed by atoms with Gasteiger partial charge in [-0.15, -0.1) is 0 Å². The Hall–Kier alpha value is -1.93. The Morgan fingerprint density at radius 1 is 0.931 bits per heavy atom. The Morgan fingerprint density at radius 3 is 2.24 bits per heavy atom. The fraction of sp³-hybridized carbons (Fsp3) is 0.381. The monoisotopic (exact) mass is 435 g/mol. The maximum absolute atomic E-state index is 12.3. The second-order valence-electron chi connectivity index (χ2n) is 7.13. The molecule has 0 saturated carbocycles. The van der Waals surface area contributed by atoms with Crippen LogP contribution < -0.4 is 5.32 Å². The summed E-state index contributed by atoms with van der Waals surface area (Å²) in [4.78, 5) is 17.0. The molecule has 1 aliphatic heterocycles. The number of sulfone groups is 1. The molecule has 0 unspecified atom stereocenters.